The molecule has 108 valence electrons. The van der Waals surface area contributed by atoms with Gasteiger partial charge in [0.2, 0.25) is 5.91 Å². The fraction of sp³-hybridized carbons (Fsp3) is 0.500. The smallest absolute Gasteiger partial charge is 0.326 e. The van der Waals surface area contributed by atoms with Crippen molar-refractivity contribution in [3.8, 4) is 0 Å². The van der Waals surface area contributed by atoms with Crippen LogP contribution in [-0.4, -0.2) is 23.0 Å². The van der Waals surface area contributed by atoms with Crippen LogP contribution in [0.25, 0.3) is 0 Å². The normalized spacial score (nSPS) is 16.8. The van der Waals surface area contributed by atoms with Crippen LogP contribution in [0.2, 0.25) is 0 Å². The van der Waals surface area contributed by atoms with E-state index in [9.17, 15) is 14.7 Å². The molecule has 1 atom stereocenters. The Kier molecular flexibility index (Phi) is 5.16. The van der Waals surface area contributed by atoms with E-state index in [1.165, 1.54) is 12.8 Å². The zero-order chi connectivity index (χ0) is 14.4. The SMILES string of the molecule is O=C(CC1CCCC1)NC(Cc1ccccc1)C(=O)O. The van der Waals surface area contributed by atoms with Crippen LogP contribution in [0.4, 0.5) is 0 Å². The van der Waals surface area contributed by atoms with Crippen LogP contribution in [0.15, 0.2) is 30.3 Å². The average molecular weight is 275 g/mol. The number of hydrogen-bond acceptors (Lipinski definition) is 2. The van der Waals surface area contributed by atoms with E-state index in [0.29, 0.717) is 18.8 Å². The van der Waals surface area contributed by atoms with Gasteiger partial charge in [0.05, 0.1) is 0 Å². The number of amides is 1. The second kappa shape index (κ2) is 7.08. The Hall–Kier alpha value is -1.84. The fourth-order valence-electron chi connectivity index (χ4n) is 2.78. The predicted octanol–water partition coefficient (Wildman–Crippen LogP) is 2.38. The van der Waals surface area contributed by atoms with Gasteiger partial charge >= 0.3 is 5.97 Å². The molecule has 0 spiro atoms. The van der Waals surface area contributed by atoms with E-state index in [1.807, 2.05) is 30.3 Å². The standard InChI is InChI=1S/C16H21NO3/c18-15(11-13-8-4-5-9-13)17-14(16(19)20)10-12-6-2-1-3-7-12/h1-3,6-7,13-14H,4-5,8-11H2,(H,17,18)(H,19,20). The molecule has 4 nitrogen and oxygen atoms in total. The molecule has 4 heteroatoms. The first-order chi connectivity index (χ1) is 9.65. The van der Waals surface area contributed by atoms with E-state index in [4.69, 9.17) is 0 Å². The number of carboxylic acid groups (broad SMARTS) is 1. The van der Waals surface area contributed by atoms with Crippen LogP contribution in [0.3, 0.4) is 0 Å². The number of benzene rings is 1. The third-order valence-electron chi connectivity index (χ3n) is 3.86. The number of carbonyl (C=O) groups is 2. The summed E-state index contributed by atoms with van der Waals surface area (Å²) in [5.74, 6) is -0.685. The number of rotatable bonds is 6. The Morgan fingerprint density at radius 2 is 1.85 bits per heavy atom. The van der Waals surface area contributed by atoms with Gasteiger partial charge in [-0.1, -0.05) is 43.2 Å². The minimum Gasteiger partial charge on any atom is -0.480 e. The maximum Gasteiger partial charge on any atom is 0.326 e. The van der Waals surface area contributed by atoms with Crippen LogP contribution in [0.5, 0.6) is 0 Å². The Balaban J connectivity index is 1.88. The van der Waals surface area contributed by atoms with Gasteiger partial charge in [-0.05, 0) is 24.3 Å². The maximum atomic E-state index is 11.9. The molecule has 1 aromatic rings. The second-order valence-electron chi connectivity index (χ2n) is 5.50. The first kappa shape index (κ1) is 14.6. The Bertz CT molecular complexity index is 452. The first-order valence-electron chi connectivity index (χ1n) is 7.21. The van der Waals surface area contributed by atoms with Gasteiger partial charge in [-0.3, -0.25) is 4.79 Å². The molecule has 1 amide bonds. The summed E-state index contributed by atoms with van der Waals surface area (Å²) in [6, 6.07) is 8.53. The molecule has 1 aromatic carbocycles. The largest absolute Gasteiger partial charge is 0.480 e. The van der Waals surface area contributed by atoms with Crippen LogP contribution in [0, 0.1) is 5.92 Å². The Labute approximate surface area is 119 Å². The first-order valence-corrected chi connectivity index (χ1v) is 7.21. The molecule has 0 bridgehead atoms. The third kappa shape index (κ3) is 4.37. The molecule has 1 aliphatic carbocycles. The van der Waals surface area contributed by atoms with Crippen molar-refractivity contribution in [1.29, 1.82) is 0 Å². The summed E-state index contributed by atoms with van der Waals surface area (Å²) >= 11 is 0. The van der Waals surface area contributed by atoms with E-state index in [0.717, 1.165) is 18.4 Å². The molecule has 1 saturated carbocycles. The van der Waals surface area contributed by atoms with Crippen LogP contribution >= 0.6 is 0 Å². The zero-order valence-corrected chi connectivity index (χ0v) is 11.5. The fourth-order valence-corrected chi connectivity index (χ4v) is 2.78. The quantitative estimate of drug-likeness (QED) is 0.837. The summed E-state index contributed by atoms with van der Waals surface area (Å²) in [7, 11) is 0. The van der Waals surface area contributed by atoms with Gasteiger partial charge in [0.1, 0.15) is 6.04 Å². The summed E-state index contributed by atoms with van der Waals surface area (Å²) in [5, 5.41) is 11.9. The Morgan fingerprint density at radius 3 is 2.45 bits per heavy atom. The summed E-state index contributed by atoms with van der Waals surface area (Å²) in [6.07, 6.45) is 5.33. The lowest BCUT2D eigenvalue weighted by Gasteiger charge is -2.16. The molecule has 0 radical (unpaired) electrons. The van der Waals surface area contributed by atoms with Crippen molar-refractivity contribution in [2.45, 2.75) is 44.6 Å². The van der Waals surface area contributed by atoms with Gasteiger partial charge in [0.15, 0.2) is 0 Å². The molecule has 0 aromatic heterocycles. The summed E-state index contributed by atoms with van der Waals surface area (Å²) in [6.45, 7) is 0. The molecule has 0 aliphatic heterocycles. The third-order valence-corrected chi connectivity index (χ3v) is 3.86. The van der Waals surface area contributed by atoms with Gasteiger partial charge in [0.25, 0.3) is 0 Å². The van der Waals surface area contributed by atoms with Crippen molar-refractivity contribution in [3.63, 3.8) is 0 Å². The summed E-state index contributed by atoms with van der Waals surface area (Å²) in [5.41, 5.74) is 0.918. The Morgan fingerprint density at radius 1 is 1.20 bits per heavy atom. The van der Waals surface area contributed by atoms with Gasteiger partial charge < -0.3 is 10.4 Å². The van der Waals surface area contributed by atoms with Crippen LogP contribution in [-0.2, 0) is 16.0 Å². The summed E-state index contributed by atoms with van der Waals surface area (Å²) in [4.78, 5) is 23.2. The molecule has 1 fully saturated rings. The topological polar surface area (TPSA) is 66.4 Å². The van der Waals surface area contributed by atoms with Gasteiger partial charge in [0, 0.05) is 12.8 Å². The van der Waals surface area contributed by atoms with Crippen molar-refractivity contribution in [2.24, 2.45) is 5.92 Å². The molecule has 0 saturated heterocycles. The maximum absolute atomic E-state index is 11.9. The van der Waals surface area contributed by atoms with Crippen molar-refractivity contribution >= 4 is 11.9 Å². The lowest BCUT2D eigenvalue weighted by atomic mass is 10.0. The lowest BCUT2D eigenvalue weighted by molar-refractivity contribution is -0.141. The number of aliphatic carboxylic acids is 1. The van der Waals surface area contributed by atoms with Crippen molar-refractivity contribution < 1.29 is 14.7 Å². The molecule has 1 unspecified atom stereocenters. The van der Waals surface area contributed by atoms with Crippen molar-refractivity contribution in [1.82, 2.24) is 5.32 Å². The second-order valence-corrected chi connectivity index (χ2v) is 5.50. The highest BCUT2D eigenvalue weighted by Crippen LogP contribution is 2.27. The van der Waals surface area contributed by atoms with Crippen molar-refractivity contribution in [3.05, 3.63) is 35.9 Å². The number of carbonyl (C=O) groups excluding carboxylic acids is 1. The van der Waals surface area contributed by atoms with E-state index in [1.54, 1.807) is 0 Å². The molecule has 1 aliphatic rings. The zero-order valence-electron chi connectivity index (χ0n) is 11.5. The summed E-state index contributed by atoms with van der Waals surface area (Å²) < 4.78 is 0. The van der Waals surface area contributed by atoms with Gasteiger partial charge in [-0.2, -0.15) is 0 Å². The lowest BCUT2D eigenvalue weighted by Crippen LogP contribution is -2.42. The van der Waals surface area contributed by atoms with Crippen LogP contribution < -0.4 is 5.32 Å². The van der Waals surface area contributed by atoms with Gasteiger partial charge in [-0.15, -0.1) is 0 Å². The van der Waals surface area contributed by atoms with Crippen LogP contribution in [0.1, 0.15) is 37.7 Å². The molecule has 20 heavy (non-hydrogen) atoms. The highest BCUT2D eigenvalue weighted by atomic mass is 16.4. The highest BCUT2D eigenvalue weighted by molar-refractivity contribution is 5.83. The molecule has 2 rings (SSSR count). The predicted molar refractivity (Wildman–Crippen MR) is 76.3 cm³/mol. The highest BCUT2D eigenvalue weighted by Gasteiger charge is 2.23. The van der Waals surface area contributed by atoms with E-state index in [-0.39, 0.29) is 5.91 Å². The molecular formula is C16H21NO3. The van der Waals surface area contributed by atoms with E-state index < -0.39 is 12.0 Å². The number of carboxylic acids is 1. The molecule has 2 N–H and O–H groups in total. The molecule has 0 heterocycles. The number of nitrogens with one attached hydrogen (secondary N) is 1. The molecular weight excluding hydrogens is 254 g/mol. The minimum atomic E-state index is -0.978. The van der Waals surface area contributed by atoms with E-state index in [2.05, 4.69) is 5.32 Å². The number of hydrogen-bond donors (Lipinski definition) is 2. The monoisotopic (exact) mass is 275 g/mol. The van der Waals surface area contributed by atoms with E-state index >= 15 is 0 Å². The minimum absolute atomic E-state index is 0.139. The van der Waals surface area contributed by atoms with Crippen molar-refractivity contribution in [2.75, 3.05) is 0 Å². The average Bonchev–Trinajstić information content (AvgIpc) is 2.92. The van der Waals surface area contributed by atoms with Gasteiger partial charge in [-0.25, -0.2) is 4.79 Å².